The minimum absolute atomic E-state index is 0.0582. The molecular formula is C21H19BrF6. The van der Waals surface area contributed by atoms with E-state index >= 15 is 0 Å². The van der Waals surface area contributed by atoms with Crippen LogP contribution in [0.5, 0.6) is 0 Å². The number of hydrogen-bond donors (Lipinski definition) is 0. The number of hydrogen-bond acceptors (Lipinski definition) is 0. The van der Waals surface area contributed by atoms with Crippen LogP contribution in [0.1, 0.15) is 49.1 Å². The van der Waals surface area contributed by atoms with Crippen LogP contribution in [-0.2, 0) is 4.83 Å². The normalized spacial score (nSPS) is 20.4. The first kappa shape index (κ1) is 21.2. The van der Waals surface area contributed by atoms with Gasteiger partial charge in [-0.25, -0.2) is 13.2 Å². The lowest BCUT2D eigenvalue weighted by molar-refractivity contribution is 0.105. The van der Waals surface area contributed by atoms with E-state index in [2.05, 4.69) is 0 Å². The molecule has 0 amide bonds. The molecule has 0 N–H and O–H groups in total. The number of alkyl halides is 4. The van der Waals surface area contributed by atoms with Crippen LogP contribution in [0.3, 0.4) is 0 Å². The van der Waals surface area contributed by atoms with Crippen molar-refractivity contribution in [2.75, 3.05) is 6.67 Å². The molecule has 2 aromatic rings. The summed E-state index contributed by atoms with van der Waals surface area (Å²) in [5, 5.41) is 0. The molecule has 0 saturated heterocycles. The molecule has 0 unspecified atom stereocenters. The molecule has 0 heterocycles. The average Bonchev–Trinajstić information content (AvgIpc) is 2.60. The monoisotopic (exact) mass is 464 g/mol. The maximum Gasteiger partial charge on any atom is 0.332 e. The average molecular weight is 465 g/mol. The van der Waals surface area contributed by atoms with Crippen molar-refractivity contribution in [3.8, 4) is 11.1 Å². The largest absolute Gasteiger partial charge is 0.332 e. The Bertz CT molecular complexity index is 814. The van der Waals surface area contributed by atoms with Crippen molar-refractivity contribution < 1.29 is 26.3 Å². The third-order valence-electron chi connectivity index (χ3n) is 5.47. The highest BCUT2D eigenvalue weighted by Gasteiger charge is 2.35. The Morgan fingerprint density at radius 1 is 0.893 bits per heavy atom. The van der Waals surface area contributed by atoms with Crippen molar-refractivity contribution in [3.63, 3.8) is 0 Å². The summed E-state index contributed by atoms with van der Waals surface area (Å²) >= 11 is 1.94. The van der Waals surface area contributed by atoms with Gasteiger partial charge in [-0.3, -0.25) is 4.39 Å². The molecule has 0 spiro atoms. The van der Waals surface area contributed by atoms with Gasteiger partial charge in [0.1, 0.15) is 23.0 Å². The van der Waals surface area contributed by atoms with Crippen LogP contribution in [-0.4, -0.2) is 6.67 Å². The summed E-state index contributed by atoms with van der Waals surface area (Å²) in [4.78, 5) is -3.86. The molecule has 7 heteroatoms. The van der Waals surface area contributed by atoms with Gasteiger partial charge in [0.2, 0.25) is 0 Å². The maximum atomic E-state index is 14.6. The second-order valence-corrected chi connectivity index (χ2v) is 8.24. The summed E-state index contributed by atoms with van der Waals surface area (Å²) in [6.07, 6.45) is 4.00. The Kier molecular flexibility index (Phi) is 6.42. The summed E-state index contributed by atoms with van der Waals surface area (Å²) in [6.45, 7) is -0.328. The van der Waals surface area contributed by atoms with Gasteiger partial charge >= 0.3 is 4.83 Å². The van der Waals surface area contributed by atoms with E-state index in [1.165, 1.54) is 12.1 Å². The number of halogens is 7. The zero-order valence-corrected chi connectivity index (χ0v) is 16.5. The number of benzene rings is 2. The summed E-state index contributed by atoms with van der Waals surface area (Å²) in [6, 6.07) is 5.85. The van der Waals surface area contributed by atoms with E-state index in [0.717, 1.165) is 31.2 Å². The van der Waals surface area contributed by atoms with Crippen molar-refractivity contribution in [2.45, 2.75) is 42.9 Å². The smallest absolute Gasteiger partial charge is 0.251 e. The Hall–Kier alpha value is -1.50. The highest BCUT2D eigenvalue weighted by atomic mass is 79.9. The van der Waals surface area contributed by atoms with E-state index < -0.39 is 27.8 Å². The van der Waals surface area contributed by atoms with Gasteiger partial charge in [-0.1, -0.05) is 12.1 Å². The van der Waals surface area contributed by atoms with Crippen LogP contribution >= 0.6 is 15.9 Å². The van der Waals surface area contributed by atoms with Crippen molar-refractivity contribution >= 4 is 15.9 Å². The van der Waals surface area contributed by atoms with Crippen LogP contribution in [0.2, 0.25) is 0 Å². The third-order valence-corrected chi connectivity index (χ3v) is 5.86. The topological polar surface area (TPSA) is 0 Å². The van der Waals surface area contributed by atoms with Gasteiger partial charge in [0.15, 0.2) is 0 Å². The first-order valence-electron chi connectivity index (χ1n) is 9.12. The molecule has 0 bridgehead atoms. The van der Waals surface area contributed by atoms with E-state index in [-0.39, 0.29) is 23.7 Å². The summed E-state index contributed by atoms with van der Waals surface area (Å²) in [5.41, 5.74) is -0.828. The van der Waals surface area contributed by atoms with Crippen molar-refractivity contribution in [2.24, 2.45) is 5.92 Å². The molecule has 1 aliphatic carbocycles. The van der Waals surface area contributed by atoms with E-state index in [9.17, 15) is 26.3 Å². The van der Waals surface area contributed by atoms with Crippen LogP contribution in [0.25, 0.3) is 11.1 Å². The molecule has 0 radical (unpaired) electrons. The molecule has 2 aromatic carbocycles. The minimum atomic E-state index is -3.86. The van der Waals surface area contributed by atoms with E-state index in [1.807, 2.05) is 15.9 Å². The molecular weight excluding hydrogens is 446 g/mol. The standard InChI is InChI=1S/C21H19BrF6/c22-21(27,28)20-18(25)10-15(11-19(20)26)16-6-5-14(9-17(16)24)13-3-1-12(2-4-13)7-8-23/h5-6,9-13H,1-4,7-8H2. The quantitative estimate of drug-likeness (QED) is 0.312. The predicted molar refractivity (Wildman–Crippen MR) is 99.9 cm³/mol. The highest BCUT2D eigenvalue weighted by molar-refractivity contribution is 9.09. The summed E-state index contributed by atoms with van der Waals surface area (Å²) < 4.78 is 81.6. The van der Waals surface area contributed by atoms with Gasteiger partial charge < -0.3 is 0 Å². The van der Waals surface area contributed by atoms with Crippen LogP contribution in [0, 0.1) is 23.4 Å². The van der Waals surface area contributed by atoms with Gasteiger partial charge in [0, 0.05) is 5.56 Å². The Balaban J connectivity index is 1.84. The van der Waals surface area contributed by atoms with Gasteiger partial charge in [0.05, 0.1) is 6.67 Å². The van der Waals surface area contributed by atoms with E-state index in [0.29, 0.717) is 24.5 Å². The van der Waals surface area contributed by atoms with Crippen LogP contribution in [0.4, 0.5) is 26.3 Å². The second kappa shape index (κ2) is 8.47. The Labute approximate surface area is 168 Å². The fraction of sp³-hybridized carbons (Fsp3) is 0.429. The van der Waals surface area contributed by atoms with Crippen LogP contribution in [0.15, 0.2) is 30.3 Å². The fourth-order valence-corrected chi connectivity index (χ4v) is 4.34. The molecule has 28 heavy (non-hydrogen) atoms. The lowest BCUT2D eigenvalue weighted by Gasteiger charge is -2.28. The molecule has 3 rings (SSSR count). The van der Waals surface area contributed by atoms with Crippen LogP contribution < -0.4 is 0 Å². The first-order chi connectivity index (χ1) is 13.2. The van der Waals surface area contributed by atoms with E-state index in [1.54, 1.807) is 6.07 Å². The molecule has 152 valence electrons. The van der Waals surface area contributed by atoms with Crippen molar-refractivity contribution in [1.29, 1.82) is 0 Å². The fourth-order valence-electron chi connectivity index (χ4n) is 3.96. The predicted octanol–water partition coefficient (Wildman–Crippen LogP) is 7.85. The lowest BCUT2D eigenvalue weighted by Crippen LogP contribution is -2.14. The Morgan fingerprint density at radius 3 is 2.00 bits per heavy atom. The lowest BCUT2D eigenvalue weighted by atomic mass is 9.77. The first-order valence-corrected chi connectivity index (χ1v) is 9.92. The molecule has 0 atom stereocenters. The second-order valence-electron chi connectivity index (χ2n) is 7.25. The molecule has 0 aromatic heterocycles. The third kappa shape index (κ3) is 4.56. The molecule has 1 saturated carbocycles. The summed E-state index contributed by atoms with van der Waals surface area (Å²) in [7, 11) is 0. The molecule has 1 fully saturated rings. The van der Waals surface area contributed by atoms with Crippen molar-refractivity contribution in [3.05, 3.63) is 58.9 Å². The molecule has 0 aliphatic heterocycles. The van der Waals surface area contributed by atoms with Gasteiger partial charge in [-0.15, -0.1) is 0 Å². The molecule has 0 nitrogen and oxygen atoms in total. The zero-order valence-electron chi connectivity index (χ0n) is 14.9. The van der Waals surface area contributed by atoms with Crippen molar-refractivity contribution in [1.82, 2.24) is 0 Å². The molecule has 1 aliphatic rings. The maximum absolute atomic E-state index is 14.6. The minimum Gasteiger partial charge on any atom is -0.251 e. The van der Waals surface area contributed by atoms with Gasteiger partial charge in [0.25, 0.3) is 0 Å². The zero-order chi connectivity index (χ0) is 20.5. The van der Waals surface area contributed by atoms with Gasteiger partial charge in [-0.2, -0.15) is 8.78 Å². The highest BCUT2D eigenvalue weighted by Crippen LogP contribution is 2.41. The summed E-state index contributed by atoms with van der Waals surface area (Å²) in [5.74, 6) is -3.05. The van der Waals surface area contributed by atoms with E-state index in [4.69, 9.17) is 0 Å². The SMILES string of the molecule is FCCC1CCC(c2ccc(-c3cc(F)c(C(F)(F)Br)c(F)c3)c(F)c2)CC1. The number of rotatable bonds is 5. The Morgan fingerprint density at radius 2 is 1.50 bits per heavy atom. The van der Waals surface area contributed by atoms with Gasteiger partial charge in [-0.05, 0) is 89.2 Å².